The summed E-state index contributed by atoms with van der Waals surface area (Å²) in [4.78, 5) is 189. The molecule has 2 aliphatic rings. The molecule has 8 bridgehead atoms. The smallest absolute Gasteiger partial charge is 0.408 e. The SMILES string of the molecule is CC/C=C(\C)C1=C(C)c2nc1c(C)c1[nH]c(cc3nc(c(C)c4[nH]c(c2C)c(/C(C)=C/CC)c4C)C(C)=C3CCC(=O)O)c(CCC(=O)NCCCC[C@H](NC(=O)[C@H](CC(C)C)NC(=O)[C@H](CC(C)C)NC(=O)OC(C)(C)C)C(=O)N[C@@H](C)C(=O)N[C@@H](C)C(=O)N[C@@H](CC(C)C)C(=O)N[C@@H](CC(C)C)C(=O)C(C(=O)NCCCC[C@H](N)C(=O)OC(C)(C)C)c2cccc3ccccc23)c1C. The lowest BCUT2D eigenvalue weighted by Gasteiger charge is -2.29. The van der Waals surface area contributed by atoms with Crippen molar-refractivity contribution in [2.24, 2.45) is 29.4 Å². The summed E-state index contributed by atoms with van der Waals surface area (Å²) < 4.78 is 11.0. The number of allylic oxidation sites excluding steroid dienone is 8. The van der Waals surface area contributed by atoms with Crippen molar-refractivity contribution in [1.82, 2.24) is 67.8 Å². The molecule has 2 aromatic carbocycles. The lowest BCUT2D eigenvalue weighted by atomic mass is 9.84. The number of carboxylic acids is 1. The fourth-order valence-corrected chi connectivity index (χ4v) is 17.7. The van der Waals surface area contributed by atoms with Gasteiger partial charge in [-0.2, -0.15) is 0 Å². The largest absolute Gasteiger partial charge is 0.481 e. The summed E-state index contributed by atoms with van der Waals surface area (Å²) in [6.45, 7) is 51.3. The Hall–Kier alpha value is -11.6. The summed E-state index contributed by atoms with van der Waals surface area (Å²) in [5.41, 5.74) is 24.0. The zero-order chi connectivity index (χ0) is 101. The van der Waals surface area contributed by atoms with E-state index in [1.165, 1.54) is 13.8 Å². The van der Waals surface area contributed by atoms with E-state index >= 15 is 4.79 Å². The normalized spacial score (nSPS) is 14.7. The van der Waals surface area contributed by atoms with E-state index in [9.17, 15) is 57.8 Å². The zero-order valence-corrected chi connectivity index (χ0v) is 85.1. The van der Waals surface area contributed by atoms with E-state index in [0.29, 0.717) is 47.8 Å². The van der Waals surface area contributed by atoms with Crippen molar-refractivity contribution in [2.75, 3.05) is 13.1 Å². The number of carbonyl (C=O) groups is 12. The number of rotatable bonds is 46. The van der Waals surface area contributed by atoms with Gasteiger partial charge in [0.15, 0.2) is 5.78 Å². The van der Waals surface area contributed by atoms with E-state index in [4.69, 9.17) is 25.2 Å². The van der Waals surface area contributed by atoms with Crippen LogP contribution in [0.25, 0.3) is 60.7 Å². The Balaban J connectivity index is 1.14. The van der Waals surface area contributed by atoms with Gasteiger partial charge in [0.1, 0.15) is 59.4 Å². The number of nitrogens with zero attached hydrogens (tertiary/aromatic N) is 2. The number of benzene rings is 2. The predicted molar refractivity (Wildman–Crippen MR) is 536 cm³/mol. The van der Waals surface area contributed by atoms with Gasteiger partial charge in [0.05, 0.1) is 34.3 Å². The van der Waals surface area contributed by atoms with E-state index in [1.54, 1.807) is 59.7 Å². The molecule has 29 heteroatoms. The molecule has 9 atom stereocenters. The first kappa shape index (κ1) is 110. The van der Waals surface area contributed by atoms with E-state index in [0.717, 1.165) is 124 Å². The Morgan fingerprint density at radius 1 is 0.481 bits per heavy atom. The van der Waals surface area contributed by atoms with Crippen molar-refractivity contribution in [1.29, 1.82) is 0 Å². The van der Waals surface area contributed by atoms with Gasteiger partial charge < -0.3 is 78.1 Å². The van der Waals surface area contributed by atoms with Gasteiger partial charge in [0, 0.05) is 53.6 Å². The topological polar surface area (TPSA) is 435 Å². The summed E-state index contributed by atoms with van der Waals surface area (Å²) in [6.07, 6.45) is 7.82. The number of aliphatic carboxylic acids is 1. The highest BCUT2D eigenvalue weighted by atomic mass is 16.6. The van der Waals surface area contributed by atoms with Crippen LogP contribution in [-0.4, -0.2) is 169 Å². The Morgan fingerprint density at radius 2 is 0.963 bits per heavy atom. The molecule has 29 nitrogen and oxygen atoms in total. The van der Waals surface area contributed by atoms with Crippen molar-refractivity contribution in [2.45, 2.75) is 355 Å². The quantitative estimate of drug-likeness (QED) is 0.00977. The third-order valence-electron chi connectivity index (χ3n) is 24.4. The molecule has 3 aromatic heterocycles. The van der Waals surface area contributed by atoms with Gasteiger partial charge in [-0.15, -0.1) is 0 Å². The third-order valence-corrected chi connectivity index (χ3v) is 24.4. The van der Waals surface area contributed by atoms with Crippen LogP contribution in [0, 0.1) is 58.3 Å². The molecular weight excluding hydrogens is 1710 g/mol. The fourth-order valence-electron chi connectivity index (χ4n) is 17.7. The Labute approximate surface area is 798 Å². The monoisotopic (exact) mass is 1860 g/mol. The van der Waals surface area contributed by atoms with Crippen molar-refractivity contribution < 1.29 is 72.1 Å². The molecule has 0 saturated carbocycles. The average Bonchev–Trinajstić information content (AvgIpc) is 1.59. The molecule has 5 aromatic rings. The molecule has 5 heterocycles. The highest BCUT2D eigenvalue weighted by Gasteiger charge is 2.40. The summed E-state index contributed by atoms with van der Waals surface area (Å²) in [6, 6.07) is 4.90. The van der Waals surface area contributed by atoms with Gasteiger partial charge in [-0.1, -0.05) is 124 Å². The number of H-pyrrole nitrogens is 2. The van der Waals surface area contributed by atoms with Gasteiger partial charge >= 0.3 is 18.0 Å². The number of Topliss-reactive ketones (excluding diaryl/α,β-unsaturated/α-hetero) is 1. The number of aromatic nitrogens is 4. The van der Waals surface area contributed by atoms with E-state index in [1.807, 2.05) is 99.6 Å². The van der Waals surface area contributed by atoms with Crippen LogP contribution in [0.3, 0.4) is 0 Å². The molecule has 135 heavy (non-hydrogen) atoms. The molecule has 0 aliphatic carbocycles. The Kier molecular flexibility index (Phi) is 40.7. The molecule has 9 amide bonds. The van der Waals surface area contributed by atoms with Gasteiger partial charge in [-0.25, -0.2) is 14.8 Å². The maximum Gasteiger partial charge on any atom is 0.408 e. The minimum Gasteiger partial charge on any atom is -0.481 e. The number of aryl methyl sites for hydroxylation is 6. The number of hydrogen-bond donors (Lipinski definition) is 13. The number of ketones is 1. The maximum atomic E-state index is 15.3. The standard InChI is InChI=1S/C106H154N14O15/c1-28-37-60(11)86-64(15)91-66(17)89-63(14)73(46-48-85(122)123)79(112-89)55-78-72(62(13)90(113-78)67(18)93-87(61(12)38-29-2)65(16)92(120-93)68(19)94(86)119-91)45-47-84(121)108-49-35-33-44-77(114-99(128)82(53-58(7)8)117-101(130)83(54-59(9)10)118-104(133)135-106(25,26)27)98(127)111-69(20)96(125)110-70(21)97(126)116-81(52-57(5)6)100(129)115-80(51-56(3)4)95(124)88(75-42-36-40-71-39-30-31-41-74(71)75)102(131)109-50-34-32-43-76(107)103(132)134-105(22,23)24/h30-31,36-42,55-59,69-70,76-77,80-83,88,113,119H,28-29,32-35,43-54,107H2,1-27H3,(H,108,121)(H,109,131)(H,110,125)(H,111,127)(H,114,128)(H,115,129)(H,116,126)(H,117,130)(H,118,133)(H,122,123)/b60-37+,61-38+,78-55?,79-55?,89-66?,90-67?,91-66?,92-68?,93-67?,94-68?/t69-,70-,76-,77-,80-,81-,82-,83-,88?/m0/s1. The number of aromatic amines is 2. The predicted octanol–water partition coefficient (Wildman–Crippen LogP) is 16.5. The summed E-state index contributed by atoms with van der Waals surface area (Å²) in [5.74, 6) is -9.50. The summed E-state index contributed by atoms with van der Waals surface area (Å²) in [7, 11) is 0. The van der Waals surface area contributed by atoms with Crippen molar-refractivity contribution in [3.63, 3.8) is 0 Å². The van der Waals surface area contributed by atoms with Crippen LogP contribution in [0.1, 0.15) is 322 Å². The summed E-state index contributed by atoms with van der Waals surface area (Å²) >= 11 is 0. The Morgan fingerprint density at radius 3 is 1.54 bits per heavy atom. The number of unbranched alkanes of at least 4 members (excludes halogenated alkanes) is 2. The number of amides is 9. The molecule has 14 N–H and O–H groups in total. The van der Waals surface area contributed by atoms with Crippen LogP contribution in [0.4, 0.5) is 4.79 Å². The van der Waals surface area contributed by atoms with Crippen molar-refractivity contribution in [3.05, 3.63) is 134 Å². The molecule has 7 rings (SSSR count). The van der Waals surface area contributed by atoms with Crippen LogP contribution in [0.5, 0.6) is 0 Å². The number of alkyl carbamates (subject to hydrolysis) is 1. The van der Waals surface area contributed by atoms with Gasteiger partial charge in [0.2, 0.25) is 47.3 Å². The molecule has 0 spiro atoms. The van der Waals surface area contributed by atoms with Crippen LogP contribution in [0.15, 0.2) is 66.3 Å². The second-order valence-electron chi connectivity index (χ2n) is 40.3. The number of ether oxygens (including phenoxy) is 2. The highest BCUT2D eigenvalue weighted by Crippen LogP contribution is 2.43. The highest BCUT2D eigenvalue weighted by molar-refractivity contribution is 6.13. The maximum absolute atomic E-state index is 15.3. The lowest BCUT2D eigenvalue weighted by Crippen LogP contribution is -2.59. The molecule has 1 unspecified atom stereocenters. The van der Waals surface area contributed by atoms with Crippen LogP contribution < -0.4 is 53.6 Å². The molecule has 2 aliphatic heterocycles. The van der Waals surface area contributed by atoms with E-state index in [-0.39, 0.29) is 107 Å². The number of nitrogens with two attached hydrogens (primary N) is 1. The van der Waals surface area contributed by atoms with E-state index in [2.05, 4.69) is 132 Å². The first-order chi connectivity index (χ1) is 63.3. The fraction of sp³-hybridized carbons (Fsp3) is 0.566. The van der Waals surface area contributed by atoms with Gasteiger partial charge in [-0.3, -0.25) is 52.7 Å². The van der Waals surface area contributed by atoms with Crippen LogP contribution in [-0.2, 0) is 68.6 Å². The van der Waals surface area contributed by atoms with E-state index < -0.39 is 131 Å². The molecular formula is C106H154N14O15. The number of carbonyl (C=O) groups excluding carboxylic acids is 11. The van der Waals surface area contributed by atoms with Crippen LogP contribution in [0.2, 0.25) is 0 Å². The number of nitrogens with one attached hydrogen (secondary N) is 11. The number of esters is 1. The minimum atomic E-state index is -1.40. The first-order valence-corrected chi connectivity index (χ1v) is 48.3. The van der Waals surface area contributed by atoms with Crippen LogP contribution >= 0.6 is 0 Å². The average molecular weight is 1860 g/mol. The number of carboxylic acid groups (broad SMARTS) is 1. The second-order valence-corrected chi connectivity index (χ2v) is 40.3. The molecule has 0 radical (unpaired) electrons. The first-order valence-electron chi connectivity index (χ1n) is 48.3. The lowest BCUT2D eigenvalue weighted by molar-refractivity contribution is -0.156. The zero-order valence-electron chi connectivity index (χ0n) is 85.1. The van der Waals surface area contributed by atoms with Crippen molar-refractivity contribution in [3.8, 4) is 0 Å². The Bertz CT molecular complexity index is 5490. The van der Waals surface area contributed by atoms with Gasteiger partial charge in [0.25, 0.3) is 0 Å². The molecule has 0 fully saturated rings. The molecule has 0 saturated heterocycles. The third kappa shape index (κ3) is 30.9. The minimum absolute atomic E-state index is 0.0348. The summed E-state index contributed by atoms with van der Waals surface area (Å²) in [5, 5.41) is 37.0. The number of hydrogen-bond acceptors (Lipinski definition) is 17. The van der Waals surface area contributed by atoms with Crippen molar-refractivity contribution >= 4 is 132 Å². The molecule has 738 valence electrons. The van der Waals surface area contributed by atoms with Gasteiger partial charge in [-0.05, 0) is 315 Å². The second kappa shape index (κ2) is 49.7. The number of fused-ring (bicyclic) bond motifs is 9.